The molecule has 214 valence electrons. The van der Waals surface area contributed by atoms with E-state index in [0.717, 1.165) is 45.2 Å². The van der Waals surface area contributed by atoms with Crippen LogP contribution in [0.2, 0.25) is 0 Å². The Morgan fingerprint density at radius 2 is 1.30 bits per heavy atom. The van der Waals surface area contributed by atoms with Gasteiger partial charge in [0.25, 0.3) is 0 Å². The van der Waals surface area contributed by atoms with Gasteiger partial charge in [-0.25, -0.2) is 23.6 Å². The number of ether oxygens (including phenoxy) is 1. The average Bonchev–Trinajstić information content (AvgIpc) is 3.40. The molecule has 0 radical (unpaired) electrons. The third-order valence-corrected chi connectivity index (χ3v) is 5.40. The molecule has 1 aliphatic rings. The molecule has 0 unspecified atom stereocenters. The third kappa shape index (κ3) is 11.0. The smallest absolute Gasteiger partial charge is 0.414 e. The van der Waals surface area contributed by atoms with Gasteiger partial charge in [-0.1, -0.05) is 36.4 Å². The van der Waals surface area contributed by atoms with Crippen molar-refractivity contribution in [1.29, 1.82) is 0 Å². The van der Waals surface area contributed by atoms with Gasteiger partial charge in [-0.2, -0.15) is 0 Å². The summed E-state index contributed by atoms with van der Waals surface area (Å²) in [5, 5.41) is 33.0. The molecule has 4 rings (SSSR count). The molecule has 0 atom stereocenters. The highest BCUT2D eigenvalue weighted by atomic mass is 19.1. The van der Waals surface area contributed by atoms with E-state index in [9.17, 15) is 4.39 Å². The standard InChI is InChI=1S/C23H25FN2O2.2C2H2O4/c24-22-8-4-3-7-21(22)23-10-9-20(28-23)16-25-15-18-5-1-2-6-19(18)17-26-11-13-27-14-12-26;2*3-1(4)2(5)6/h1-10,25H,11-17H2;2*(H,3,4)(H,5,6). The zero-order chi connectivity index (χ0) is 29.5. The summed E-state index contributed by atoms with van der Waals surface area (Å²) in [5.74, 6) is -6.21. The molecule has 3 aromatic rings. The Balaban J connectivity index is 0.000000393. The first kappa shape index (κ1) is 31.6. The first-order chi connectivity index (χ1) is 19.1. The van der Waals surface area contributed by atoms with Crippen molar-refractivity contribution in [2.24, 2.45) is 0 Å². The van der Waals surface area contributed by atoms with Gasteiger partial charge in [-0.3, -0.25) is 4.90 Å². The Morgan fingerprint density at radius 3 is 1.88 bits per heavy atom. The maximum absolute atomic E-state index is 13.9. The number of carboxylic acid groups (broad SMARTS) is 4. The van der Waals surface area contributed by atoms with Crippen molar-refractivity contribution < 1.29 is 53.1 Å². The zero-order valence-electron chi connectivity index (χ0n) is 21.3. The van der Waals surface area contributed by atoms with Crippen LogP contribution in [0.15, 0.2) is 65.1 Å². The molecule has 0 saturated carbocycles. The van der Waals surface area contributed by atoms with Crippen LogP contribution in [0, 0.1) is 5.82 Å². The molecule has 5 N–H and O–H groups in total. The van der Waals surface area contributed by atoms with Gasteiger partial charge >= 0.3 is 23.9 Å². The second-order valence-corrected chi connectivity index (χ2v) is 8.23. The van der Waals surface area contributed by atoms with Gasteiger partial charge in [0.15, 0.2) is 0 Å². The van der Waals surface area contributed by atoms with Crippen LogP contribution in [0.4, 0.5) is 4.39 Å². The Kier molecular flexibility index (Phi) is 13.0. The minimum Gasteiger partial charge on any atom is -0.473 e. The fourth-order valence-electron chi connectivity index (χ4n) is 3.48. The number of halogens is 1. The second-order valence-electron chi connectivity index (χ2n) is 8.23. The highest BCUT2D eigenvalue weighted by molar-refractivity contribution is 6.27. The summed E-state index contributed by atoms with van der Waals surface area (Å²) < 4.78 is 25.2. The van der Waals surface area contributed by atoms with Crippen LogP contribution in [-0.4, -0.2) is 75.5 Å². The van der Waals surface area contributed by atoms with E-state index >= 15 is 0 Å². The number of morpholine rings is 1. The van der Waals surface area contributed by atoms with Gasteiger partial charge in [0, 0.05) is 26.2 Å². The van der Waals surface area contributed by atoms with Crippen molar-refractivity contribution in [1.82, 2.24) is 10.2 Å². The minimum atomic E-state index is -1.82. The van der Waals surface area contributed by atoms with Crippen LogP contribution in [0.1, 0.15) is 16.9 Å². The molecular formula is C27H29FN2O10. The number of aliphatic carboxylic acids is 4. The van der Waals surface area contributed by atoms with Crippen LogP contribution in [0.5, 0.6) is 0 Å². The molecule has 2 aromatic carbocycles. The topological polar surface area (TPSA) is 187 Å². The summed E-state index contributed by atoms with van der Waals surface area (Å²) in [6.45, 7) is 5.88. The third-order valence-electron chi connectivity index (χ3n) is 5.40. The normalized spacial score (nSPS) is 12.7. The van der Waals surface area contributed by atoms with Crippen LogP contribution >= 0.6 is 0 Å². The number of nitrogens with one attached hydrogen (secondary N) is 1. The zero-order valence-corrected chi connectivity index (χ0v) is 21.3. The predicted octanol–water partition coefficient (Wildman–Crippen LogP) is 2.52. The van der Waals surface area contributed by atoms with Crippen LogP contribution < -0.4 is 5.32 Å². The molecule has 13 heteroatoms. The molecule has 1 fully saturated rings. The van der Waals surface area contributed by atoms with E-state index < -0.39 is 23.9 Å². The van der Waals surface area contributed by atoms with Crippen molar-refractivity contribution in [3.8, 4) is 11.3 Å². The van der Waals surface area contributed by atoms with E-state index in [1.54, 1.807) is 12.1 Å². The maximum Gasteiger partial charge on any atom is 0.414 e. The lowest BCUT2D eigenvalue weighted by atomic mass is 10.1. The van der Waals surface area contributed by atoms with Crippen molar-refractivity contribution in [3.05, 3.63) is 83.4 Å². The number of carbonyl (C=O) groups is 4. The van der Waals surface area contributed by atoms with Crippen LogP contribution in [0.25, 0.3) is 11.3 Å². The first-order valence-corrected chi connectivity index (χ1v) is 11.9. The van der Waals surface area contributed by atoms with Gasteiger partial charge in [0.05, 0.1) is 25.3 Å². The van der Waals surface area contributed by atoms with Crippen molar-refractivity contribution in [2.45, 2.75) is 19.6 Å². The maximum atomic E-state index is 13.9. The lowest BCUT2D eigenvalue weighted by Crippen LogP contribution is -2.36. The summed E-state index contributed by atoms with van der Waals surface area (Å²) >= 11 is 0. The summed E-state index contributed by atoms with van der Waals surface area (Å²) in [4.78, 5) is 38.8. The van der Waals surface area contributed by atoms with Gasteiger partial charge in [0.1, 0.15) is 17.3 Å². The number of carboxylic acids is 4. The Bertz CT molecular complexity index is 1240. The Labute approximate surface area is 228 Å². The number of nitrogens with zero attached hydrogens (tertiary/aromatic N) is 1. The lowest BCUT2D eigenvalue weighted by molar-refractivity contribution is -0.159. The van der Waals surface area contributed by atoms with Crippen molar-refractivity contribution in [2.75, 3.05) is 26.3 Å². The van der Waals surface area contributed by atoms with Crippen LogP contribution in [-0.2, 0) is 43.5 Å². The minimum absolute atomic E-state index is 0.270. The highest BCUT2D eigenvalue weighted by Gasteiger charge is 2.13. The molecule has 0 spiro atoms. The SMILES string of the molecule is Fc1ccccc1-c1ccc(CNCc2ccccc2CN2CCOCC2)o1.O=C(O)C(=O)O.O=C(O)C(=O)O. The van der Waals surface area contributed by atoms with Crippen LogP contribution in [0.3, 0.4) is 0 Å². The van der Waals surface area contributed by atoms with E-state index in [1.807, 2.05) is 18.2 Å². The molecule has 1 aromatic heterocycles. The number of hydrogen-bond donors (Lipinski definition) is 5. The molecule has 1 aliphatic heterocycles. The number of rotatable bonds is 7. The number of furan rings is 1. The second kappa shape index (κ2) is 16.4. The van der Waals surface area contributed by atoms with E-state index in [4.69, 9.17) is 48.8 Å². The lowest BCUT2D eigenvalue weighted by Gasteiger charge is -2.27. The van der Waals surface area contributed by atoms with Gasteiger partial charge in [-0.15, -0.1) is 0 Å². The van der Waals surface area contributed by atoms with E-state index in [2.05, 4.69) is 34.5 Å². The molecule has 0 amide bonds. The Morgan fingerprint density at radius 1 is 0.750 bits per heavy atom. The summed E-state index contributed by atoms with van der Waals surface area (Å²) in [6, 6.07) is 18.9. The van der Waals surface area contributed by atoms with Gasteiger partial charge in [0.2, 0.25) is 0 Å². The average molecular weight is 561 g/mol. The fraction of sp³-hybridized carbons (Fsp3) is 0.259. The first-order valence-electron chi connectivity index (χ1n) is 11.9. The van der Waals surface area contributed by atoms with E-state index in [1.165, 1.54) is 17.2 Å². The largest absolute Gasteiger partial charge is 0.473 e. The quantitative estimate of drug-likeness (QED) is 0.266. The van der Waals surface area contributed by atoms with Gasteiger partial charge in [-0.05, 0) is 35.4 Å². The fourth-order valence-corrected chi connectivity index (χ4v) is 3.48. The monoisotopic (exact) mass is 560 g/mol. The molecule has 40 heavy (non-hydrogen) atoms. The summed E-state index contributed by atoms with van der Waals surface area (Å²) in [5.41, 5.74) is 3.11. The molecule has 0 bridgehead atoms. The molecule has 0 aliphatic carbocycles. The molecule has 12 nitrogen and oxygen atoms in total. The number of hydrogen-bond acceptors (Lipinski definition) is 8. The summed E-state index contributed by atoms with van der Waals surface area (Å²) in [6.07, 6.45) is 0. The summed E-state index contributed by atoms with van der Waals surface area (Å²) in [7, 11) is 0. The van der Waals surface area contributed by atoms with E-state index in [-0.39, 0.29) is 5.82 Å². The molecule has 1 saturated heterocycles. The Hall–Kier alpha value is -4.59. The molecular weight excluding hydrogens is 531 g/mol. The molecule has 2 heterocycles. The highest BCUT2D eigenvalue weighted by Crippen LogP contribution is 2.24. The van der Waals surface area contributed by atoms with E-state index in [0.29, 0.717) is 17.9 Å². The van der Waals surface area contributed by atoms with Crippen molar-refractivity contribution >= 4 is 23.9 Å². The number of benzene rings is 2. The predicted molar refractivity (Wildman–Crippen MR) is 138 cm³/mol. The van der Waals surface area contributed by atoms with Crippen molar-refractivity contribution in [3.63, 3.8) is 0 Å². The van der Waals surface area contributed by atoms with Gasteiger partial charge < -0.3 is 34.9 Å².